The predicted molar refractivity (Wildman–Crippen MR) is 108 cm³/mol. The Morgan fingerprint density at radius 3 is 1.50 bits per heavy atom. The first-order chi connectivity index (χ1) is 9.92. The van der Waals surface area contributed by atoms with Crippen LogP contribution >= 0.6 is 25.3 Å². The van der Waals surface area contributed by atoms with Gasteiger partial charge in [-0.2, -0.15) is 25.3 Å². The molecule has 0 rings (SSSR count). The van der Waals surface area contributed by atoms with E-state index in [1.165, 1.54) is 0 Å². The molecule has 0 aliphatic heterocycles. The molecule has 22 heavy (non-hydrogen) atoms. The summed E-state index contributed by atoms with van der Waals surface area (Å²) in [5.74, 6) is 0. The van der Waals surface area contributed by atoms with Crippen LogP contribution in [0.1, 0.15) is 6.92 Å². The number of thiol groups is 2. The van der Waals surface area contributed by atoms with Gasteiger partial charge in [-0.15, -0.1) is 0 Å². The van der Waals surface area contributed by atoms with Gasteiger partial charge < -0.3 is 21.2 Å². The lowest BCUT2D eigenvalue weighted by atomic mass is 11.0. The second-order valence-electron chi connectivity index (χ2n) is 6.32. The molecule has 0 aromatic carbocycles. The van der Waals surface area contributed by atoms with Crippen LogP contribution in [0.25, 0.3) is 0 Å². The highest BCUT2D eigenvalue weighted by Crippen LogP contribution is 2.26. The van der Waals surface area contributed by atoms with E-state index in [2.05, 4.69) is 51.8 Å². The zero-order chi connectivity index (χ0) is 17.7. The van der Waals surface area contributed by atoms with Crippen molar-refractivity contribution in [2.75, 3.05) is 25.0 Å². The normalized spacial score (nSPS) is 21.0. The highest BCUT2D eigenvalue weighted by atomic mass is 32.1. The van der Waals surface area contributed by atoms with Crippen LogP contribution in [0.3, 0.4) is 0 Å². The molecule has 11 heteroatoms. The third-order valence-electron chi connectivity index (χ3n) is 3.47. The van der Waals surface area contributed by atoms with Crippen molar-refractivity contribution in [3.05, 3.63) is 0 Å². The van der Waals surface area contributed by atoms with E-state index in [1.54, 1.807) is 14.2 Å². The molecule has 0 saturated carbocycles. The molecule has 0 heterocycles. The van der Waals surface area contributed by atoms with Gasteiger partial charge in [-0.25, -0.2) is 0 Å². The van der Waals surface area contributed by atoms with Crippen molar-refractivity contribution in [2.45, 2.75) is 45.7 Å². The minimum atomic E-state index is -2.85. The minimum absolute atomic E-state index is 0.701. The summed E-state index contributed by atoms with van der Waals surface area (Å²) in [4.78, 5) is 0. The molecule has 0 bridgehead atoms. The summed E-state index contributed by atoms with van der Waals surface area (Å²) in [6, 6.07) is 0.953. The molecule has 134 valence electrons. The summed E-state index contributed by atoms with van der Waals surface area (Å²) in [5, 5.41) is 1.42. The maximum absolute atomic E-state index is 6.35. The van der Waals surface area contributed by atoms with Gasteiger partial charge in [-0.3, -0.25) is 0 Å². The molecular weight excluding hydrogens is 389 g/mol. The topological polar surface area (TPSA) is 46.2 Å². The fourth-order valence-electron chi connectivity index (χ4n) is 1.74. The Bertz CT molecular complexity index is 348. The van der Waals surface area contributed by atoms with Gasteiger partial charge in [0.2, 0.25) is 0 Å². The summed E-state index contributed by atoms with van der Waals surface area (Å²) < 4.78 is 30.1. The van der Waals surface area contributed by atoms with E-state index in [0.29, 0.717) is 5.38 Å². The lowest BCUT2D eigenvalue weighted by molar-refractivity contribution is 0.135. The first kappa shape index (κ1) is 23.4. The lowest BCUT2D eigenvalue weighted by Crippen LogP contribution is -2.62. The number of rotatable bonds is 11. The Morgan fingerprint density at radius 1 is 0.727 bits per heavy atom. The second-order valence-corrected chi connectivity index (χ2v) is 22.7. The van der Waals surface area contributed by atoms with Gasteiger partial charge in [0.15, 0.2) is 16.6 Å². The average Bonchev–Trinajstić information content (AvgIpc) is 2.46. The van der Waals surface area contributed by atoms with Crippen molar-refractivity contribution in [1.82, 2.24) is 0 Å². The fraction of sp³-hybridized carbons (Fsp3) is 1.00. The third-order valence-corrected chi connectivity index (χ3v) is 22.3. The Hall–Kier alpha value is 1.37. The molecule has 3 unspecified atom stereocenters. The third kappa shape index (κ3) is 7.50. The zero-order valence-corrected chi connectivity index (χ0v) is 20.8. The van der Waals surface area contributed by atoms with Gasteiger partial charge in [0.05, 0.1) is 0 Å². The molecular formula is C11H32O5S2Si4. The van der Waals surface area contributed by atoms with Crippen LogP contribution in [-0.4, -0.2) is 59.2 Å². The molecule has 0 N–H and O–H groups in total. The van der Waals surface area contributed by atoms with Crippen LogP contribution < -0.4 is 0 Å². The van der Waals surface area contributed by atoms with Crippen LogP contribution in [0.15, 0.2) is 0 Å². The molecule has 0 aliphatic carbocycles. The van der Waals surface area contributed by atoms with E-state index < -0.39 is 34.2 Å². The van der Waals surface area contributed by atoms with Crippen LogP contribution in [0, 0.1) is 0 Å². The predicted octanol–water partition coefficient (Wildman–Crippen LogP) is 3.20. The standard InChI is InChI=1S/C11H32O5S2Si4/c1-9-20(6,11-18)15-22(8,13-3)16-21(7,12-2)14-19(4,5)10-17/h17-18H,9-11H2,1-8H3. The van der Waals surface area contributed by atoms with Gasteiger partial charge >= 0.3 is 17.6 Å². The van der Waals surface area contributed by atoms with E-state index in [-0.39, 0.29) is 0 Å². The largest absolute Gasteiger partial charge is 0.479 e. The van der Waals surface area contributed by atoms with E-state index in [0.717, 1.165) is 11.4 Å². The van der Waals surface area contributed by atoms with E-state index in [4.69, 9.17) is 21.2 Å². The first-order valence-corrected chi connectivity index (χ1v) is 19.0. The summed E-state index contributed by atoms with van der Waals surface area (Å²) in [5.41, 5.74) is 0. The average molecular weight is 421 g/mol. The first-order valence-electron chi connectivity index (χ1n) is 7.35. The Morgan fingerprint density at radius 2 is 1.18 bits per heavy atom. The van der Waals surface area contributed by atoms with Gasteiger partial charge in [-0.1, -0.05) is 6.92 Å². The second kappa shape index (κ2) is 9.17. The Labute approximate surface area is 151 Å². The van der Waals surface area contributed by atoms with Crippen LogP contribution in [0.2, 0.25) is 38.8 Å². The lowest BCUT2D eigenvalue weighted by Gasteiger charge is -2.40. The number of hydrogen-bond donors (Lipinski definition) is 2. The summed E-state index contributed by atoms with van der Waals surface area (Å²) in [6.45, 7) is 12.3. The van der Waals surface area contributed by atoms with Crippen molar-refractivity contribution < 1.29 is 21.2 Å². The molecule has 0 aromatic rings. The Balaban J connectivity index is 5.22. The maximum Gasteiger partial charge on any atom is 0.479 e. The van der Waals surface area contributed by atoms with Crippen molar-refractivity contribution in [2.24, 2.45) is 0 Å². The van der Waals surface area contributed by atoms with Crippen molar-refractivity contribution in [3.63, 3.8) is 0 Å². The molecule has 0 aromatic heterocycles. The molecule has 3 atom stereocenters. The fourth-order valence-corrected chi connectivity index (χ4v) is 17.6. The minimum Gasteiger partial charge on any atom is -0.415 e. The smallest absolute Gasteiger partial charge is 0.415 e. The van der Waals surface area contributed by atoms with Crippen LogP contribution in [-0.2, 0) is 21.2 Å². The van der Waals surface area contributed by atoms with Gasteiger partial charge in [0.1, 0.15) is 0 Å². The molecule has 0 saturated heterocycles. The van der Waals surface area contributed by atoms with E-state index in [1.807, 2.05) is 13.1 Å². The SMILES string of the molecule is CC[Si](C)(CS)O[Si](C)(OC)O[Si](C)(OC)O[Si](C)(C)CS. The summed E-state index contributed by atoms with van der Waals surface area (Å²) in [7, 11) is -6.33. The molecule has 0 radical (unpaired) electrons. The van der Waals surface area contributed by atoms with E-state index in [9.17, 15) is 0 Å². The van der Waals surface area contributed by atoms with E-state index >= 15 is 0 Å². The van der Waals surface area contributed by atoms with Crippen LogP contribution in [0.4, 0.5) is 0 Å². The molecule has 5 nitrogen and oxygen atoms in total. The molecule has 0 spiro atoms. The maximum atomic E-state index is 6.35. The monoisotopic (exact) mass is 420 g/mol. The molecule has 0 amide bonds. The highest BCUT2D eigenvalue weighted by Gasteiger charge is 2.51. The van der Waals surface area contributed by atoms with Crippen LogP contribution in [0.5, 0.6) is 0 Å². The quantitative estimate of drug-likeness (QED) is 0.397. The van der Waals surface area contributed by atoms with Gasteiger partial charge in [0, 0.05) is 38.1 Å². The van der Waals surface area contributed by atoms with Crippen molar-refractivity contribution in [1.29, 1.82) is 0 Å². The summed E-state index contributed by atoms with van der Waals surface area (Å²) in [6.07, 6.45) is 0. The van der Waals surface area contributed by atoms with Gasteiger partial charge in [0.25, 0.3) is 0 Å². The Kier molecular flexibility index (Phi) is 9.74. The van der Waals surface area contributed by atoms with Gasteiger partial charge in [-0.05, 0) is 25.7 Å². The molecule has 0 aliphatic rings. The van der Waals surface area contributed by atoms with Crippen molar-refractivity contribution in [3.8, 4) is 0 Å². The zero-order valence-electron chi connectivity index (χ0n) is 15.1. The number of hydrogen-bond acceptors (Lipinski definition) is 7. The highest BCUT2D eigenvalue weighted by molar-refractivity contribution is 7.82. The molecule has 0 fully saturated rings. The summed E-state index contributed by atoms with van der Waals surface area (Å²) >= 11 is 8.82. The van der Waals surface area contributed by atoms with Crippen molar-refractivity contribution >= 4 is 59.5 Å².